The zero-order valence-corrected chi connectivity index (χ0v) is 17.3. The monoisotopic (exact) mass is 389 g/mol. The van der Waals surface area contributed by atoms with Gasteiger partial charge in [-0.2, -0.15) is 0 Å². The number of likely N-dealkylation sites (N-methyl/N-ethyl adjacent to an activating group) is 1. The van der Waals surface area contributed by atoms with Gasteiger partial charge in [0.25, 0.3) is 0 Å². The molecule has 0 aromatic heterocycles. The molecule has 1 aromatic rings. The zero-order valence-electron chi connectivity index (χ0n) is 17.3. The van der Waals surface area contributed by atoms with Crippen LogP contribution in [0.3, 0.4) is 0 Å². The fraction of sp³-hybridized carbons (Fsp3) is 0.524. The van der Waals surface area contributed by atoms with E-state index < -0.39 is 29.4 Å². The number of Topliss-reactive ketones (excluding diaryl/α,β-unsaturated/α-hetero) is 1. The molecule has 0 aliphatic rings. The van der Waals surface area contributed by atoms with Gasteiger partial charge >= 0.3 is 5.97 Å². The zero-order chi connectivity index (χ0) is 21.3. The number of hydrogen-bond acceptors (Lipinski definition) is 6. The van der Waals surface area contributed by atoms with Crippen molar-refractivity contribution in [3.05, 3.63) is 35.9 Å². The average molecular weight is 389 g/mol. The lowest BCUT2D eigenvalue weighted by atomic mass is 10.0. The molecule has 1 aromatic carbocycles. The first-order chi connectivity index (χ1) is 13.0. The summed E-state index contributed by atoms with van der Waals surface area (Å²) < 4.78 is 5.39. The number of nitrogens with zero attached hydrogens (tertiary/aromatic N) is 1. The van der Waals surface area contributed by atoms with Gasteiger partial charge in [0.2, 0.25) is 5.91 Å². The molecule has 154 valence electrons. The molecule has 2 N–H and O–H groups in total. The molecule has 0 aliphatic carbocycles. The molecule has 7 nitrogen and oxygen atoms in total. The Balaban J connectivity index is 2.92. The lowest BCUT2D eigenvalue weighted by molar-refractivity contribution is -0.159. The van der Waals surface area contributed by atoms with Crippen molar-refractivity contribution >= 4 is 23.9 Å². The third-order valence-electron chi connectivity index (χ3n) is 4.05. The fourth-order valence-electron chi connectivity index (χ4n) is 2.60. The molecular formula is C21H31N3O4. The predicted octanol–water partition coefficient (Wildman–Crippen LogP) is 1.98. The van der Waals surface area contributed by atoms with Gasteiger partial charge < -0.3 is 15.5 Å². The minimum absolute atomic E-state index is 0.0149. The van der Waals surface area contributed by atoms with E-state index >= 15 is 0 Å². The number of esters is 1. The summed E-state index contributed by atoms with van der Waals surface area (Å²) in [4.78, 5) is 38.7. The van der Waals surface area contributed by atoms with Gasteiger partial charge in [-0.05, 0) is 53.3 Å². The van der Waals surface area contributed by atoms with E-state index in [1.54, 1.807) is 39.8 Å². The van der Waals surface area contributed by atoms with Crippen molar-refractivity contribution in [2.75, 3.05) is 14.1 Å². The third-order valence-corrected chi connectivity index (χ3v) is 4.05. The Morgan fingerprint density at radius 1 is 1.18 bits per heavy atom. The van der Waals surface area contributed by atoms with E-state index in [-0.39, 0.29) is 18.7 Å². The summed E-state index contributed by atoms with van der Waals surface area (Å²) in [5.41, 5.74) is 0.292. The molecule has 28 heavy (non-hydrogen) atoms. The molecule has 0 fully saturated rings. The maximum Gasteiger partial charge on any atom is 0.329 e. The first-order valence-corrected chi connectivity index (χ1v) is 9.30. The maximum atomic E-state index is 12.9. The molecule has 2 atom stereocenters. The molecule has 1 rings (SSSR count). The summed E-state index contributed by atoms with van der Waals surface area (Å²) in [5.74, 6) is -1.31. The van der Waals surface area contributed by atoms with Crippen molar-refractivity contribution in [2.45, 2.75) is 57.7 Å². The van der Waals surface area contributed by atoms with E-state index in [0.29, 0.717) is 12.6 Å². The standard InChI is InChI=1S/C21H31N3O4/c1-21(2,3)28-20(27)17(12-11-16(25)14-22)23-19(26)18(24(4)5)13-15-9-7-6-8-10-15/h6-10,14,17-18,22H,11-13H2,1-5H3,(H,23,26)/t17-,18-/m0/s1. The van der Waals surface area contributed by atoms with Crippen LogP contribution in [0.2, 0.25) is 0 Å². The summed E-state index contributed by atoms with van der Waals surface area (Å²) in [7, 11) is 3.60. The lowest BCUT2D eigenvalue weighted by Crippen LogP contribution is -2.51. The number of benzene rings is 1. The Kier molecular flexibility index (Phi) is 8.99. The summed E-state index contributed by atoms with van der Waals surface area (Å²) in [5, 5.41) is 9.75. The molecule has 0 bridgehead atoms. The second kappa shape index (κ2) is 10.7. The van der Waals surface area contributed by atoms with Gasteiger partial charge in [0, 0.05) is 6.42 Å². The van der Waals surface area contributed by atoms with Gasteiger partial charge in [0.15, 0.2) is 5.78 Å². The number of hydrogen-bond donors (Lipinski definition) is 2. The Hall–Kier alpha value is -2.54. The molecule has 0 saturated carbocycles. The predicted molar refractivity (Wildman–Crippen MR) is 108 cm³/mol. The van der Waals surface area contributed by atoms with Crippen LogP contribution in [0.5, 0.6) is 0 Å². The molecule has 0 unspecified atom stereocenters. The van der Waals surface area contributed by atoms with Gasteiger partial charge in [-0.1, -0.05) is 30.3 Å². The summed E-state index contributed by atoms with van der Waals surface area (Å²) in [6.45, 7) is 5.22. The van der Waals surface area contributed by atoms with Gasteiger partial charge in [-0.25, -0.2) is 4.79 Å². The molecular weight excluding hydrogens is 358 g/mol. The number of carbonyl (C=O) groups excluding carboxylic acids is 3. The molecule has 7 heteroatoms. The van der Waals surface area contributed by atoms with E-state index in [1.807, 2.05) is 30.3 Å². The third kappa shape index (κ3) is 8.43. The average Bonchev–Trinajstić information content (AvgIpc) is 2.61. The SMILES string of the molecule is CN(C)[C@@H](Cc1ccccc1)C(=O)N[C@@H](CCC(=O)C=N)C(=O)OC(C)(C)C. The van der Waals surface area contributed by atoms with Crippen LogP contribution in [0.4, 0.5) is 0 Å². The molecule has 1 amide bonds. The van der Waals surface area contributed by atoms with Gasteiger partial charge in [0.1, 0.15) is 11.6 Å². The van der Waals surface area contributed by atoms with E-state index in [2.05, 4.69) is 5.32 Å². The Labute approximate surface area is 166 Å². The van der Waals surface area contributed by atoms with Gasteiger partial charge in [-0.3, -0.25) is 14.5 Å². The van der Waals surface area contributed by atoms with Crippen LogP contribution >= 0.6 is 0 Å². The number of carbonyl (C=O) groups is 3. The van der Waals surface area contributed by atoms with E-state index in [9.17, 15) is 14.4 Å². The Bertz CT molecular complexity index is 681. The highest BCUT2D eigenvalue weighted by atomic mass is 16.6. The first-order valence-electron chi connectivity index (χ1n) is 9.30. The van der Waals surface area contributed by atoms with Crippen molar-refractivity contribution in [1.82, 2.24) is 10.2 Å². The maximum absolute atomic E-state index is 12.9. The molecule has 0 radical (unpaired) electrons. The second-order valence-corrected chi connectivity index (χ2v) is 7.91. The van der Waals surface area contributed by atoms with Gasteiger partial charge in [0.05, 0.1) is 12.3 Å². The van der Waals surface area contributed by atoms with E-state index in [4.69, 9.17) is 10.1 Å². The molecule has 0 spiro atoms. The highest BCUT2D eigenvalue weighted by molar-refractivity contribution is 6.26. The summed E-state index contributed by atoms with van der Waals surface area (Å²) in [6, 6.07) is 8.18. The van der Waals surface area contributed by atoms with E-state index in [0.717, 1.165) is 5.56 Å². The van der Waals surface area contributed by atoms with Crippen molar-refractivity contribution in [3.63, 3.8) is 0 Å². The summed E-state index contributed by atoms with van der Waals surface area (Å²) in [6.07, 6.45) is 1.27. The topological polar surface area (TPSA) is 99.6 Å². The minimum atomic E-state index is -0.950. The van der Waals surface area contributed by atoms with Crippen LogP contribution < -0.4 is 5.32 Å². The highest BCUT2D eigenvalue weighted by Gasteiger charge is 2.30. The largest absolute Gasteiger partial charge is 0.458 e. The van der Waals surface area contributed by atoms with Crippen LogP contribution in [-0.4, -0.2) is 60.6 Å². The van der Waals surface area contributed by atoms with Crippen LogP contribution in [0.1, 0.15) is 39.2 Å². The van der Waals surface area contributed by atoms with Crippen molar-refractivity contribution in [3.8, 4) is 0 Å². The smallest absolute Gasteiger partial charge is 0.329 e. The van der Waals surface area contributed by atoms with Crippen LogP contribution in [0.25, 0.3) is 0 Å². The van der Waals surface area contributed by atoms with E-state index in [1.165, 1.54) is 0 Å². The second-order valence-electron chi connectivity index (χ2n) is 7.91. The quantitative estimate of drug-likeness (QED) is 0.471. The Morgan fingerprint density at radius 3 is 2.29 bits per heavy atom. The van der Waals surface area contributed by atoms with Crippen LogP contribution in [0.15, 0.2) is 30.3 Å². The number of nitrogens with one attached hydrogen (secondary N) is 2. The van der Waals surface area contributed by atoms with Gasteiger partial charge in [-0.15, -0.1) is 0 Å². The van der Waals surface area contributed by atoms with Crippen LogP contribution in [-0.2, 0) is 25.5 Å². The number of amides is 1. The minimum Gasteiger partial charge on any atom is -0.458 e. The number of rotatable bonds is 10. The van der Waals surface area contributed by atoms with Crippen molar-refractivity contribution in [1.29, 1.82) is 5.41 Å². The highest BCUT2D eigenvalue weighted by Crippen LogP contribution is 2.13. The normalized spacial score (nSPS) is 13.5. The summed E-state index contributed by atoms with van der Waals surface area (Å²) >= 11 is 0. The molecule has 0 saturated heterocycles. The first kappa shape index (κ1) is 23.5. The van der Waals surface area contributed by atoms with Crippen molar-refractivity contribution < 1.29 is 19.1 Å². The van der Waals surface area contributed by atoms with Crippen molar-refractivity contribution in [2.24, 2.45) is 0 Å². The molecule has 0 aliphatic heterocycles. The molecule has 0 heterocycles. The number of ketones is 1. The number of ether oxygens (including phenoxy) is 1. The van der Waals surface area contributed by atoms with Crippen LogP contribution in [0, 0.1) is 5.41 Å². The fourth-order valence-corrected chi connectivity index (χ4v) is 2.60. The Morgan fingerprint density at radius 2 is 1.79 bits per heavy atom. The lowest BCUT2D eigenvalue weighted by Gasteiger charge is -2.28.